The SMILES string of the molecule is COc1ccc(C)cc1NC(=O)Nc1ccccc1Br. The topological polar surface area (TPSA) is 50.4 Å². The number of para-hydroxylation sites is 1. The van der Waals surface area contributed by atoms with E-state index in [1.807, 2.05) is 49.4 Å². The minimum atomic E-state index is -0.319. The van der Waals surface area contributed by atoms with E-state index >= 15 is 0 Å². The zero-order valence-electron chi connectivity index (χ0n) is 11.2. The number of rotatable bonds is 3. The Balaban J connectivity index is 2.12. The van der Waals surface area contributed by atoms with Crippen molar-refractivity contribution in [2.45, 2.75) is 6.92 Å². The van der Waals surface area contributed by atoms with Crippen LogP contribution in [-0.2, 0) is 0 Å². The van der Waals surface area contributed by atoms with Crippen molar-refractivity contribution < 1.29 is 9.53 Å². The standard InChI is InChI=1S/C15H15BrN2O2/c1-10-7-8-14(20-2)13(9-10)18-15(19)17-12-6-4-3-5-11(12)16/h3-9H,1-2H3,(H2,17,18,19). The maximum absolute atomic E-state index is 12.0. The molecule has 2 aromatic rings. The van der Waals surface area contributed by atoms with Crippen LogP contribution in [0.2, 0.25) is 0 Å². The second-order valence-corrected chi connectivity index (χ2v) is 5.12. The Bertz CT molecular complexity index is 629. The summed E-state index contributed by atoms with van der Waals surface area (Å²) in [6.45, 7) is 1.95. The van der Waals surface area contributed by atoms with Crippen LogP contribution in [0.25, 0.3) is 0 Å². The number of urea groups is 1. The van der Waals surface area contributed by atoms with Gasteiger partial charge in [0.1, 0.15) is 5.75 Å². The Kier molecular flexibility index (Phi) is 4.63. The molecule has 0 aliphatic carbocycles. The molecule has 0 atom stereocenters. The fourth-order valence-electron chi connectivity index (χ4n) is 1.76. The molecule has 0 aliphatic heterocycles. The summed E-state index contributed by atoms with van der Waals surface area (Å²) >= 11 is 3.38. The number of carbonyl (C=O) groups excluding carboxylic acids is 1. The van der Waals surface area contributed by atoms with Crippen molar-refractivity contribution in [3.63, 3.8) is 0 Å². The summed E-state index contributed by atoms with van der Waals surface area (Å²) in [4.78, 5) is 12.0. The first-order chi connectivity index (χ1) is 9.60. The van der Waals surface area contributed by atoms with Gasteiger partial charge in [0.15, 0.2) is 0 Å². The summed E-state index contributed by atoms with van der Waals surface area (Å²) in [6.07, 6.45) is 0. The maximum Gasteiger partial charge on any atom is 0.323 e. The summed E-state index contributed by atoms with van der Waals surface area (Å²) in [5.74, 6) is 0.623. The number of anilines is 2. The van der Waals surface area contributed by atoms with Crippen molar-refractivity contribution in [2.24, 2.45) is 0 Å². The van der Waals surface area contributed by atoms with Crippen molar-refractivity contribution >= 4 is 33.3 Å². The highest BCUT2D eigenvalue weighted by molar-refractivity contribution is 9.10. The molecular weight excluding hydrogens is 320 g/mol. The van der Waals surface area contributed by atoms with Gasteiger partial charge >= 0.3 is 6.03 Å². The minimum absolute atomic E-state index is 0.319. The number of nitrogens with one attached hydrogen (secondary N) is 2. The average Bonchev–Trinajstić information content (AvgIpc) is 2.41. The number of carbonyl (C=O) groups is 1. The average molecular weight is 335 g/mol. The van der Waals surface area contributed by atoms with Crippen LogP contribution in [0.15, 0.2) is 46.9 Å². The van der Waals surface area contributed by atoms with Gasteiger partial charge < -0.3 is 15.4 Å². The zero-order chi connectivity index (χ0) is 14.5. The number of methoxy groups -OCH3 is 1. The molecule has 0 aromatic heterocycles. The molecule has 0 fully saturated rings. The molecule has 2 aromatic carbocycles. The molecular formula is C15H15BrN2O2. The van der Waals surface area contributed by atoms with Gasteiger partial charge in [0.25, 0.3) is 0 Å². The molecule has 104 valence electrons. The number of halogens is 1. The van der Waals surface area contributed by atoms with E-state index < -0.39 is 0 Å². The van der Waals surface area contributed by atoms with Crippen molar-refractivity contribution in [1.82, 2.24) is 0 Å². The molecule has 2 rings (SSSR count). The van der Waals surface area contributed by atoms with Crippen LogP contribution in [0.1, 0.15) is 5.56 Å². The minimum Gasteiger partial charge on any atom is -0.495 e. The van der Waals surface area contributed by atoms with Gasteiger partial charge in [0.2, 0.25) is 0 Å². The molecule has 0 saturated carbocycles. The van der Waals surface area contributed by atoms with Gasteiger partial charge in [-0.3, -0.25) is 0 Å². The fraction of sp³-hybridized carbons (Fsp3) is 0.133. The molecule has 0 unspecified atom stereocenters. The van der Waals surface area contributed by atoms with E-state index in [1.54, 1.807) is 7.11 Å². The largest absolute Gasteiger partial charge is 0.495 e. The quantitative estimate of drug-likeness (QED) is 0.873. The van der Waals surface area contributed by atoms with Crippen molar-refractivity contribution in [2.75, 3.05) is 17.7 Å². The molecule has 0 heterocycles. The van der Waals surface area contributed by atoms with Crippen molar-refractivity contribution in [3.05, 3.63) is 52.5 Å². The zero-order valence-corrected chi connectivity index (χ0v) is 12.8. The lowest BCUT2D eigenvalue weighted by atomic mass is 10.2. The first kappa shape index (κ1) is 14.4. The summed E-state index contributed by atoms with van der Waals surface area (Å²) in [7, 11) is 1.57. The third-order valence-corrected chi connectivity index (χ3v) is 3.42. The molecule has 2 amide bonds. The van der Waals surface area contributed by atoms with Crippen molar-refractivity contribution in [3.8, 4) is 5.75 Å². The van der Waals surface area contributed by atoms with E-state index in [-0.39, 0.29) is 6.03 Å². The summed E-state index contributed by atoms with van der Waals surface area (Å²) in [5, 5.41) is 5.56. The third kappa shape index (κ3) is 3.51. The van der Waals surface area contributed by atoms with Gasteiger partial charge in [-0.15, -0.1) is 0 Å². The molecule has 0 radical (unpaired) electrons. The molecule has 4 nitrogen and oxygen atoms in total. The smallest absolute Gasteiger partial charge is 0.323 e. The van der Waals surface area contributed by atoms with E-state index in [1.165, 1.54) is 0 Å². The Morgan fingerprint density at radius 1 is 1.10 bits per heavy atom. The maximum atomic E-state index is 12.0. The predicted molar refractivity (Wildman–Crippen MR) is 84.5 cm³/mol. The third-order valence-electron chi connectivity index (χ3n) is 2.73. The number of amides is 2. The molecule has 0 saturated heterocycles. The van der Waals surface area contributed by atoms with Crippen LogP contribution in [0.4, 0.5) is 16.2 Å². The van der Waals surface area contributed by atoms with Crippen LogP contribution in [0, 0.1) is 6.92 Å². The first-order valence-electron chi connectivity index (χ1n) is 6.07. The number of hydrogen-bond acceptors (Lipinski definition) is 2. The second kappa shape index (κ2) is 6.43. The Hall–Kier alpha value is -2.01. The lowest BCUT2D eigenvalue weighted by molar-refractivity contribution is 0.262. The van der Waals surface area contributed by atoms with Gasteiger partial charge in [-0.2, -0.15) is 0 Å². The van der Waals surface area contributed by atoms with Gasteiger partial charge in [-0.1, -0.05) is 18.2 Å². The second-order valence-electron chi connectivity index (χ2n) is 4.26. The normalized spacial score (nSPS) is 9.95. The van der Waals surface area contributed by atoms with E-state index in [0.29, 0.717) is 17.1 Å². The van der Waals surface area contributed by atoms with Crippen LogP contribution in [0.3, 0.4) is 0 Å². The predicted octanol–water partition coefficient (Wildman–Crippen LogP) is 4.41. The van der Waals surface area contributed by atoms with E-state index in [4.69, 9.17) is 4.74 Å². The number of hydrogen-bond donors (Lipinski definition) is 2. The van der Waals surface area contributed by atoms with E-state index in [9.17, 15) is 4.79 Å². The van der Waals surface area contributed by atoms with Crippen molar-refractivity contribution in [1.29, 1.82) is 0 Å². The van der Waals surface area contributed by atoms with Gasteiger partial charge in [-0.05, 0) is 52.7 Å². The van der Waals surface area contributed by atoms with Gasteiger partial charge in [-0.25, -0.2) is 4.79 Å². The molecule has 0 bridgehead atoms. The first-order valence-corrected chi connectivity index (χ1v) is 6.86. The Labute approximate surface area is 126 Å². The van der Waals surface area contributed by atoms with Gasteiger partial charge in [0.05, 0.1) is 18.5 Å². The van der Waals surface area contributed by atoms with E-state index in [2.05, 4.69) is 26.6 Å². The highest BCUT2D eigenvalue weighted by atomic mass is 79.9. The van der Waals surface area contributed by atoms with Gasteiger partial charge in [0, 0.05) is 4.47 Å². The van der Waals surface area contributed by atoms with Crippen LogP contribution in [-0.4, -0.2) is 13.1 Å². The van der Waals surface area contributed by atoms with Crippen LogP contribution < -0.4 is 15.4 Å². The molecule has 0 spiro atoms. The Morgan fingerprint density at radius 2 is 1.80 bits per heavy atom. The molecule has 2 N–H and O–H groups in total. The lowest BCUT2D eigenvalue weighted by Crippen LogP contribution is -2.20. The van der Waals surface area contributed by atoms with E-state index in [0.717, 1.165) is 10.0 Å². The number of benzene rings is 2. The Morgan fingerprint density at radius 3 is 2.50 bits per heavy atom. The van der Waals surface area contributed by atoms with Crippen LogP contribution in [0.5, 0.6) is 5.75 Å². The highest BCUT2D eigenvalue weighted by Gasteiger charge is 2.09. The summed E-state index contributed by atoms with van der Waals surface area (Å²) in [6, 6.07) is 12.7. The number of aryl methyl sites for hydroxylation is 1. The fourth-order valence-corrected chi connectivity index (χ4v) is 2.14. The number of ether oxygens (including phenoxy) is 1. The monoisotopic (exact) mass is 334 g/mol. The summed E-state index contributed by atoms with van der Waals surface area (Å²) < 4.78 is 6.05. The molecule has 0 aliphatic rings. The molecule has 20 heavy (non-hydrogen) atoms. The lowest BCUT2D eigenvalue weighted by Gasteiger charge is -2.12. The van der Waals surface area contributed by atoms with Crippen LogP contribution >= 0.6 is 15.9 Å². The highest BCUT2D eigenvalue weighted by Crippen LogP contribution is 2.26. The molecule has 5 heteroatoms. The summed E-state index contributed by atoms with van der Waals surface area (Å²) in [5.41, 5.74) is 2.38.